The third-order valence-electron chi connectivity index (χ3n) is 3.98. The summed E-state index contributed by atoms with van der Waals surface area (Å²) in [6.07, 6.45) is 3.80. The van der Waals surface area contributed by atoms with Crippen molar-refractivity contribution < 1.29 is 9.47 Å². The van der Waals surface area contributed by atoms with Gasteiger partial charge in [-0.15, -0.1) is 0 Å². The number of fused-ring (bicyclic) bond motifs is 1. The minimum absolute atomic E-state index is 0.0260. The molecule has 1 aliphatic heterocycles. The van der Waals surface area contributed by atoms with Crippen LogP contribution in [0.15, 0.2) is 36.5 Å². The molecule has 0 fully saturated rings. The first-order valence-corrected chi connectivity index (χ1v) is 7.30. The lowest BCUT2D eigenvalue weighted by Gasteiger charge is -2.32. The highest BCUT2D eigenvalue weighted by molar-refractivity contribution is 5.40. The molecule has 112 valence electrons. The summed E-state index contributed by atoms with van der Waals surface area (Å²) < 4.78 is 13.8. The zero-order chi connectivity index (χ0) is 14.7. The van der Waals surface area contributed by atoms with Gasteiger partial charge in [-0.05, 0) is 38.1 Å². The lowest BCUT2D eigenvalue weighted by Crippen LogP contribution is -2.46. The van der Waals surface area contributed by atoms with Crippen molar-refractivity contribution >= 4 is 0 Å². The Balaban J connectivity index is 1.63. The molecule has 0 saturated carbocycles. The highest BCUT2D eigenvalue weighted by Crippen LogP contribution is 2.32. The molecule has 1 aromatic carbocycles. The third kappa shape index (κ3) is 3.03. The summed E-state index contributed by atoms with van der Waals surface area (Å²) in [5.41, 5.74) is 1.23. The quantitative estimate of drug-likeness (QED) is 0.910. The highest BCUT2D eigenvalue weighted by Gasteiger charge is 2.27. The number of hydrogen-bond acceptors (Lipinski definition) is 4. The van der Waals surface area contributed by atoms with Crippen LogP contribution < -0.4 is 14.8 Å². The molecule has 21 heavy (non-hydrogen) atoms. The summed E-state index contributed by atoms with van der Waals surface area (Å²) in [5, 5.41) is 7.55. The van der Waals surface area contributed by atoms with Crippen LogP contribution in [-0.4, -0.2) is 35.6 Å². The van der Waals surface area contributed by atoms with E-state index in [1.54, 1.807) is 0 Å². The number of aryl methyl sites for hydroxylation is 2. The van der Waals surface area contributed by atoms with E-state index < -0.39 is 0 Å². The van der Waals surface area contributed by atoms with Crippen molar-refractivity contribution in [3.63, 3.8) is 0 Å². The number of hydrogen-bond donors (Lipinski definition) is 1. The molecule has 1 N–H and O–H groups in total. The van der Waals surface area contributed by atoms with Gasteiger partial charge in [-0.25, -0.2) is 0 Å². The minimum Gasteiger partial charge on any atom is -0.486 e. The van der Waals surface area contributed by atoms with Gasteiger partial charge in [-0.2, -0.15) is 5.10 Å². The molecule has 2 heterocycles. The molecule has 0 spiro atoms. The van der Waals surface area contributed by atoms with Gasteiger partial charge in [0.2, 0.25) is 0 Å². The molecule has 0 radical (unpaired) electrons. The van der Waals surface area contributed by atoms with E-state index in [1.807, 2.05) is 49.2 Å². The molecular formula is C16H21N3O2. The Morgan fingerprint density at radius 2 is 2.14 bits per heavy atom. The number of nitrogens with one attached hydrogen (secondary N) is 1. The van der Waals surface area contributed by atoms with Crippen molar-refractivity contribution in [1.29, 1.82) is 0 Å². The second-order valence-electron chi connectivity index (χ2n) is 5.29. The smallest absolute Gasteiger partial charge is 0.161 e. The first-order chi connectivity index (χ1) is 10.3. The van der Waals surface area contributed by atoms with Crippen LogP contribution in [0.2, 0.25) is 0 Å². The van der Waals surface area contributed by atoms with Crippen LogP contribution in [-0.2, 0) is 13.5 Å². The maximum atomic E-state index is 6.08. The normalized spacial score (nSPS) is 18.5. The van der Waals surface area contributed by atoms with Crippen molar-refractivity contribution in [2.24, 2.45) is 7.05 Å². The average molecular weight is 287 g/mol. The van der Waals surface area contributed by atoms with Gasteiger partial charge >= 0.3 is 0 Å². The Morgan fingerprint density at radius 3 is 2.86 bits per heavy atom. The predicted molar refractivity (Wildman–Crippen MR) is 80.7 cm³/mol. The van der Waals surface area contributed by atoms with E-state index in [0.29, 0.717) is 6.61 Å². The first-order valence-electron chi connectivity index (χ1n) is 7.30. The number of rotatable bonds is 5. The highest BCUT2D eigenvalue weighted by atomic mass is 16.6. The molecule has 0 bridgehead atoms. The van der Waals surface area contributed by atoms with Gasteiger partial charge in [0.1, 0.15) is 12.7 Å². The molecule has 1 aromatic heterocycles. The van der Waals surface area contributed by atoms with Gasteiger partial charge in [0.25, 0.3) is 0 Å². The topological polar surface area (TPSA) is 48.3 Å². The van der Waals surface area contributed by atoms with Gasteiger partial charge in [0.15, 0.2) is 11.5 Å². The van der Waals surface area contributed by atoms with Gasteiger partial charge in [0.05, 0.1) is 0 Å². The molecule has 2 aromatic rings. The third-order valence-corrected chi connectivity index (χ3v) is 3.98. The maximum Gasteiger partial charge on any atom is 0.161 e. The van der Waals surface area contributed by atoms with Crippen molar-refractivity contribution in [3.8, 4) is 11.5 Å². The number of ether oxygens (including phenoxy) is 2. The standard InChI is InChI=1S/C16H21N3O2/c1-17-13(8-7-12-9-10-18-19(12)2)16-11-20-14-5-3-4-6-15(14)21-16/h3-6,9-10,13,16-17H,7-8,11H2,1-2H3. The summed E-state index contributed by atoms with van der Waals surface area (Å²) in [6, 6.07) is 10.1. The average Bonchev–Trinajstić information content (AvgIpc) is 2.93. The molecular weight excluding hydrogens is 266 g/mol. The molecule has 1 aliphatic rings. The van der Waals surface area contributed by atoms with E-state index in [9.17, 15) is 0 Å². The fourth-order valence-corrected chi connectivity index (χ4v) is 2.70. The number of para-hydroxylation sites is 2. The van der Waals surface area contributed by atoms with Gasteiger partial charge in [0, 0.05) is 25.0 Å². The van der Waals surface area contributed by atoms with Crippen molar-refractivity contribution in [2.75, 3.05) is 13.7 Å². The predicted octanol–water partition coefficient (Wildman–Crippen LogP) is 1.78. The van der Waals surface area contributed by atoms with Crippen LogP contribution in [0.5, 0.6) is 11.5 Å². The molecule has 0 saturated heterocycles. The Morgan fingerprint density at radius 1 is 1.33 bits per heavy atom. The number of benzene rings is 1. The molecule has 2 unspecified atom stereocenters. The second kappa shape index (κ2) is 6.18. The lowest BCUT2D eigenvalue weighted by molar-refractivity contribution is 0.0616. The Kier molecular flexibility index (Phi) is 4.10. The van der Waals surface area contributed by atoms with Crippen LogP contribution in [0.4, 0.5) is 0 Å². The Labute approximate surface area is 124 Å². The fraction of sp³-hybridized carbons (Fsp3) is 0.438. The van der Waals surface area contributed by atoms with E-state index in [1.165, 1.54) is 5.69 Å². The summed E-state index contributed by atoms with van der Waals surface area (Å²) in [4.78, 5) is 0. The van der Waals surface area contributed by atoms with E-state index >= 15 is 0 Å². The lowest BCUT2D eigenvalue weighted by atomic mass is 10.0. The van der Waals surface area contributed by atoms with Crippen molar-refractivity contribution in [3.05, 3.63) is 42.2 Å². The molecule has 2 atom stereocenters. The monoisotopic (exact) mass is 287 g/mol. The van der Waals surface area contributed by atoms with Crippen molar-refractivity contribution in [2.45, 2.75) is 25.0 Å². The molecule has 0 amide bonds. The number of aromatic nitrogens is 2. The summed E-state index contributed by atoms with van der Waals surface area (Å²) in [6.45, 7) is 0.577. The molecule has 0 aliphatic carbocycles. The summed E-state index contributed by atoms with van der Waals surface area (Å²) in [7, 11) is 3.94. The maximum absolute atomic E-state index is 6.08. The minimum atomic E-state index is 0.0260. The van der Waals surface area contributed by atoms with Crippen LogP contribution >= 0.6 is 0 Å². The van der Waals surface area contributed by atoms with Gasteiger partial charge in [-0.3, -0.25) is 4.68 Å². The van der Waals surface area contributed by atoms with Crippen molar-refractivity contribution in [1.82, 2.24) is 15.1 Å². The summed E-state index contributed by atoms with van der Waals surface area (Å²) in [5.74, 6) is 1.66. The number of nitrogens with zero attached hydrogens (tertiary/aromatic N) is 2. The van der Waals surface area contributed by atoms with E-state index in [2.05, 4.69) is 16.5 Å². The zero-order valence-electron chi connectivity index (χ0n) is 12.5. The molecule has 5 heteroatoms. The molecule has 3 rings (SSSR count). The zero-order valence-corrected chi connectivity index (χ0v) is 12.5. The molecule has 5 nitrogen and oxygen atoms in total. The summed E-state index contributed by atoms with van der Waals surface area (Å²) >= 11 is 0. The van der Waals surface area contributed by atoms with Gasteiger partial charge < -0.3 is 14.8 Å². The Hall–Kier alpha value is -2.01. The van der Waals surface area contributed by atoms with E-state index in [4.69, 9.17) is 9.47 Å². The number of likely N-dealkylation sites (N-methyl/N-ethyl adjacent to an activating group) is 1. The van der Waals surface area contributed by atoms with Crippen LogP contribution in [0.25, 0.3) is 0 Å². The van der Waals surface area contributed by atoms with Gasteiger partial charge in [-0.1, -0.05) is 12.1 Å². The SMILES string of the molecule is CNC(CCc1ccnn1C)C1COc2ccccc2O1. The Bertz CT molecular complexity index is 597. The largest absolute Gasteiger partial charge is 0.486 e. The fourth-order valence-electron chi connectivity index (χ4n) is 2.70. The second-order valence-corrected chi connectivity index (χ2v) is 5.29. The van der Waals surface area contributed by atoms with E-state index in [-0.39, 0.29) is 12.1 Å². The van der Waals surface area contributed by atoms with Crippen LogP contribution in [0, 0.1) is 0 Å². The van der Waals surface area contributed by atoms with Crippen LogP contribution in [0.3, 0.4) is 0 Å². The first kappa shape index (κ1) is 13.9. The van der Waals surface area contributed by atoms with Crippen LogP contribution in [0.1, 0.15) is 12.1 Å². The van der Waals surface area contributed by atoms with E-state index in [0.717, 1.165) is 24.3 Å².